The second-order valence-electron chi connectivity index (χ2n) is 6.95. The lowest BCUT2D eigenvalue weighted by Gasteiger charge is -2.17. The highest BCUT2D eigenvalue weighted by Crippen LogP contribution is 2.29. The van der Waals surface area contributed by atoms with Gasteiger partial charge in [0.1, 0.15) is 0 Å². The molecule has 0 saturated carbocycles. The molecule has 1 heterocycles. The van der Waals surface area contributed by atoms with E-state index in [1.807, 2.05) is 6.92 Å². The van der Waals surface area contributed by atoms with Crippen LogP contribution in [0.5, 0.6) is 11.5 Å². The van der Waals surface area contributed by atoms with Crippen LogP contribution in [0.15, 0.2) is 18.2 Å². The van der Waals surface area contributed by atoms with E-state index < -0.39 is 33.9 Å². The summed E-state index contributed by atoms with van der Waals surface area (Å²) >= 11 is 0. The van der Waals surface area contributed by atoms with Crippen molar-refractivity contribution < 1.29 is 32.2 Å². The lowest BCUT2D eigenvalue weighted by atomic mass is 10.2. The van der Waals surface area contributed by atoms with Crippen molar-refractivity contribution in [3.63, 3.8) is 0 Å². The lowest BCUT2D eigenvalue weighted by molar-refractivity contribution is -0.129. The topological polar surface area (TPSA) is 108 Å². The molecule has 1 aliphatic heterocycles. The Kier molecular flexibility index (Phi) is 8.31. The van der Waals surface area contributed by atoms with Gasteiger partial charge in [0, 0.05) is 6.04 Å². The molecule has 9 heteroatoms. The normalized spacial score (nSPS) is 18.7. The summed E-state index contributed by atoms with van der Waals surface area (Å²) in [5.41, 5.74) is 0.236. The molecule has 1 N–H and O–H groups in total. The molecule has 29 heavy (non-hydrogen) atoms. The van der Waals surface area contributed by atoms with Gasteiger partial charge in [-0.1, -0.05) is 13.3 Å². The van der Waals surface area contributed by atoms with E-state index in [0.29, 0.717) is 31.1 Å². The quantitative estimate of drug-likeness (QED) is 0.450. The van der Waals surface area contributed by atoms with Gasteiger partial charge in [-0.25, -0.2) is 13.2 Å². The minimum atomic E-state index is -3.10. The highest BCUT2D eigenvalue weighted by atomic mass is 32.2. The van der Waals surface area contributed by atoms with Gasteiger partial charge in [-0.2, -0.15) is 0 Å². The minimum absolute atomic E-state index is 0.0546. The van der Waals surface area contributed by atoms with Crippen LogP contribution in [-0.2, 0) is 19.4 Å². The molecule has 1 fully saturated rings. The molecule has 1 saturated heterocycles. The molecule has 0 radical (unpaired) electrons. The summed E-state index contributed by atoms with van der Waals surface area (Å²) in [5.74, 6) is -0.246. The predicted molar refractivity (Wildman–Crippen MR) is 108 cm³/mol. The Balaban J connectivity index is 1.97. The molecule has 0 bridgehead atoms. The first kappa shape index (κ1) is 23.0. The Hall–Kier alpha value is -2.29. The Morgan fingerprint density at radius 3 is 2.59 bits per heavy atom. The average molecular weight is 428 g/mol. The van der Waals surface area contributed by atoms with Crippen molar-refractivity contribution in [2.75, 3.05) is 24.7 Å². The molecule has 0 spiro atoms. The van der Waals surface area contributed by atoms with Gasteiger partial charge in [-0.15, -0.1) is 0 Å². The molecule has 0 unspecified atom stereocenters. The van der Waals surface area contributed by atoms with Gasteiger partial charge < -0.3 is 19.5 Å². The van der Waals surface area contributed by atoms with Crippen LogP contribution in [0.4, 0.5) is 0 Å². The third kappa shape index (κ3) is 6.92. The minimum Gasteiger partial charge on any atom is -0.490 e. The number of hydrogen-bond donors (Lipinski definition) is 1. The standard InChI is InChI=1S/C20H29NO7S/c1-4-6-10-27-17-8-7-15(12-18(17)26-5-2)20(23)28-14(3)19(22)21-16-9-11-29(24,25)13-16/h7-8,12,14,16H,4-6,9-11,13H2,1-3H3,(H,21,22)/t14-,16-/m1/s1. The van der Waals surface area contributed by atoms with Crippen LogP contribution in [0.1, 0.15) is 50.4 Å². The molecule has 2 atom stereocenters. The zero-order valence-electron chi connectivity index (χ0n) is 17.1. The van der Waals surface area contributed by atoms with Gasteiger partial charge in [-0.3, -0.25) is 4.79 Å². The molecule has 1 aromatic carbocycles. The molecule has 2 rings (SSSR count). The van der Waals surface area contributed by atoms with Crippen molar-refractivity contribution in [1.82, 2.24) is 5.32 Å². The largest absolute Gasteiger partial charge is 0.490 e. The molecule has 1 aromatic rings. The van der Waals surface area contributed by atoms with Gasteiger partial charge in [0.05, 0.1) is 30.3 Å². The van der Waals surface area contributed by atoms with Crippen molar-refractivity contribution in [2.45, 2.75) is 52.2 Å². The first-order valence-corrected chi connectivity index (χ1v) is 11.7. The average Bonchev–Trinajstić information content (AvgIpc) is 3.01. The summed E-state index contributed by atoms with van der Waals surface area (Å²) in [6.07, 6.45) is 1.22. The molecule has 0 aliphatic carbocycles. The first-order chi connectivity index (χ1) is 13.8. The van der Waals surface area contributed by atoms with Crippen molar-refractivity contribution in [1.29, 1.82) is 0 Å². The Bertz CT molecular complexity index is 822. The van der Waals surface area contributed by atoms with Crippen molar-refractivity contribution in [3.8, 4) is 11.5 Å². The van der Waals surface area contributed by atoms with Crippen LogP contribution in [0.2, 0.25) is 0 Å². The van der Waals surface area contributed by atoms with Gasteiger partial charge in [-0.05, 0) is 44.9 Å². The monoisotopic (exact) mass is 427 g/mol. The number of carbonyl (C=O) groups excluding carboxylic acids is 2. The Morgan fingerprint density at radius 1 is 1.21 bits per heavy atom. The van der Waals surface area contributed by atoms with Crippen LogP contribution in [-0.4, -0.2) is 57.2 Å². The number of unbranched alkanes of at least 4 members (excludes halogenated alkanes) is 1. The third-order valence-corrected chi connectivity index (χ3v) is 6.23. The number of amides is 1. The second-order valence-corrected chi connectivity index (χ2v) is 9.18. The van der Waals surface area contributed by atoms with Crippen molar-refractivity contribution in [3.05, 3.63) is 23.8 Å². The number of carbonyl (C=O) groups is 2. The van der Waals surface area contributed by atoms with E-state index in [-0.39, 0.29) is 17.1 Å². The van der Waals surface area contributed by atoms with Crippen LogP contribution in [0, 0.1) is 0 Å². The van der Waals surface area contributed by atoms with E-state index in [1.54, 1.807) is 12.1 Å². The van der Waals surface area contributed by atoms with E-state index in [0.717, 1.165) is 12.8 Å². The van der Waals surface area contributed by atoms with E-state index in [2.05, 4.69) is 12.2 Å². The number of nitrogens with one attached hydrogen (secondary N) is 1. The molecular formula is C20H29NO7S. The first-order valence-electron chi connectivity index (χ1n) is 9.87. The Labute approximate surface area is 171 Å². The summed E-state index contributed by atoms with van der Waals surface area (Å²) in [4.78, 5) is 24.7. The number of hydrogen-bond acceptors (Lipinski definition) is 7. The third-order valence-electron chi connectivity index (χ3n) is 4.47. The van der Waals surface area contributed by atoms with Crippen LogP contribution < -0.4 is 14.8 Å². The zero-order chi connectivity index (χ0) is 21.4. The van der Waals surface area contributed by atoms with Gasteiger partial charge in [0.25, 0.3) is 5.91 Å². The van der Waals surface area contributed by atoms with Crippen LogP contribution >= 0.6 is 0 Å². The summed E-state index contributed by atoms with van der Waals surface area (Å²) in [5, 5.41) is 2.62. The highest BCUT2D eigenvalue weighted by molar-refractivity contribution is 7.91. The SMILES string of the molecule is CCCCOc1ccc(C(=O)O[C@H](C)C(=O)N[C@@H]2CCS(=O)(=O)C2)cc1OCC. The zero-order valence-corrected chi connectivity index (χ0v) is 17.9. The number of ether oxygens (including phenoxy) is 3. The number of sulfone groups is 1. The molecule has 1 amide bonds. The van der Waals surface area contributed by atoms with Gasteiger partial charge in [0.2, 0.25) is 0 Å². The van der Waals surface area contributed by atoms with E-state index >= 15 is 0 Å². The maximum atomic E-state index is 12.4. The molecule has 8 nitrogen and oxygen atoms in total. The number of benzene rings is 1. The second kappa shape index (κ2) is 10.5. The van der Waals surface area contributed by atoms with Gasteiger partial charge >= 0.3 is 5.97 Å². The Morgan fingerprint density at radius 2 is 1.97 bits per heavy atom. The maximum absolute atomic E-state index is 12.4. The van der Waals surface area contributed by atoms with E-state index in [1.165, 1.54) is 13.0 Å². The van der Waals surface area contributed by atoms with Crippen LogP contribution in [0.25, 0.3) is 0 Å². The summed E-state index contributed by atoms with van der Waals surface area (Å²) in [6, 6.07) is 4.28. The van der Waals surface area contributed by atoms with Gasteiger partial charge in [0.15, 0.2) is 27.4 Å². The van der Waals surface area contributed by atoms with E-state index in [4.69, 9.17) is 14.2 Å². The molecule has 1 aliphatic rings. The van der Waals surface area contributed by atoms with E-state index in [9.17, 15) is 18.0 Å². The highest BCUT2D eigenvalue weighted by Gasteiger charge is 2.31. The van der Waals surface area contributed by atoms with Crippen molar-refractivity contribution >= 4 is 21.7 Å². The maximum Gasteiger partial charge on any atom is 0.339 e. The lowest BCUT2D eigenvalue weighted by Crippen LogP contribution is -2.42. The predicted octanol–water partition coefficient (Wildman–Crippen LogP) is 2.11. The fraction of sp³-hybridized carbons (Fsp3) is 0.600. The molecule has 162 valence electrons. The summed E-state index contributed by atoms with van der Waals surface area (Å²) < 4.78 is 39.5. The smallest absolute Gasteiger partial charge is 0.339 e. The summed E-state index contributed by atoms with van der Waals surface area (Å²) in [6.45, 7) is 6.30. The van der Waals surface area contributed by atoms with Crippen LogP contribution in [0.3, 0.4) is 0 Å². The molecule has 0 aromatic heterocycles. The molecular weight excluding hydrogens is 398 g/mol. The fourth-order valence-corrected chi connectivity index (χ4v) is 4.53. The number of esters is 1. The van der Waals surface area contributed by atoms with Crippen molar-refractivity contribution in [2.24, 2.45) is 0 Å². The summed E-state index contributed by atoms with van der Waals surface area (Å²) in [7, 11) is -3.10. The fourth-order valence-electron chi connectivity index (χ4n) is 2.86. The number of rotatable bonds is 10.